The molecule has 2 aromatic rings. The fourth-order valence-corrected chi connectivity index (χ4v) is 3.99. The third-order valence-corrected chi connectivity index (χ3v) is 5.55. The minimum Gasteiger partial charge on any atom is -0.494 e. The number of amides is 1. The van der Waals surface area contributed by atoms with Crippen molar-refractivity contribution < 1.29 is 28.5 Å². The van der Waals surface area contributed by atoms with E-state index in [-0.39, 0.29) is 0 Å². The number of carbonyl (C=O) groups is 2. The van der Waals surface area contributed by atoms with E-state index in [0.29, 0.717) is 34.8 Å². The quantitative estimate of drug-likeness (QED) is 0.335. The molecule has 0 aliphatic carbocycles. The summed E-state index contributed by atoms with van der Waals surface area (Å²) >= 11 is 12.5. The first-order valence-corrected chi connectivity index (χ1v) is 12.7. The Kier molecular flexibility index (Phi) is 10.7. The Morgan fingerprint density at radius 2 is 1.36 bits per heavy atom. The lowest BCUT2D eigenvalue weighted by molar-refractivity contribution is -0.151. The van der Waals surface area contributed by atoms with Gasteiger partial charge in [0.15, 0.2) is 0 Å². The van der Waals surface area contributed by atoms with Gasteiger partial charge in [0.25, 0.3) is 0 Å². The number of halogens is 2. The van der Waals surface area contributed by atoms with Gasteiger partial charge in [-0.2, -0.15) is 0 Å². The predicted molar refractivity (Wildman–Crippen MR) is 141 cm³/mol. The van der Waals surface area contributed by atoms with Gasteiger partial charge < -0.3 is 24.3 Å². The Balaban J connectivity index is 2.44. The minimum absolute atomic E-state index is 0.421. The third kappa shape index (κ3) is 8.49. The molecule has 2 aromatic carbocycles. The van der Waals surface area contributed by atoms with Crippen molar-refractivity contribution in [1.82, 2.24) is 5.32 Å². The van der Waals surface area contributed by atoms with Gasteiger partial charge in [-0.3, -0.25) is 0 Å². The molecule has 36 heavy (non-hydrogen) atoms. The second kappa shape index (κ2) is 13.1. The number of rotatable bonds is 10. The highest BCUT2D eigenvalue weighted by atomic mass is 35.5. The molecule has 0 aromatic heterocycles. The Morgan fingerprint density at radius 1 is 0.889 bits per heavy atom. The maximum atomic E-state index is 13.0. The van der Waals surface area contributed by atoms with Crippen LogP contribution in [0.4, 0.5) is 4.79 Å². The molecule has 7 nitrogen and oxygen atoms in total. The van der Waals surface area contributed by atoms with Gasteiger partial charge in [-0.05, 0) is 72.7 Å². The number of ether oxygens (including phenoxy) is 4. The van der Waals surface area contributed by atoms with E-state index in [9.17, 15) is 9.59 Å². The zero-order valence-electron chi connectivity index (χ0n) is 21.8. The van der Waals surface area contributed by atoms with Crippen LogP contribution < -0.4 is 14.8 Å². The molecule has 0 heterocycles. The molecule has 0 spiro atoms. The van der Waals surface area contributed by atoms with E-state index in [4.69, 9.17) is 42.1 Å². The van der Waals surface area contributed by atoms with E-state index in [1.807, 2.05) is 26.0 Å². The molecule has 0 aliphatic rings. The molecule has 0 bridgehead atoms. The molecule has 2 atom stereocenters. The molecule has 0 unspecified atom stereocenters. The summed E-state index contributed by atoms with van der Waals surface area (Å²) in [4.78, 5) is 25.1. The van der Waals surface area contributed by atoms with E-state index in [1.165, 1.54) is 6.92 Å². The first-order chi connectivity index (χ1) is 16.9. The summed E-state index contributed by atoms with van der Waals surface area (Å²) in [6, 6.07) is 9.71. The fraction of sp³-hybridized carbons (Fsp3) is 0.481. The van der Waals surface area contributed by atoms with Crippen molar-refractivity contribution in [1.29, 1.82) is 0 Å². The van der Waals surface area contributed by atoms with Crippen LogP contribution in [0.2, 0.25) is 10.0 Å². The van der Waals surface area contributed by atoms with Gasteiger partial charge in [-0.25, -0.2) is 9.59 Å². The number of hydrogen-bond acceptors (Lipinski definition) is 6. The summed E-state index contributed by atoms with van der Waals surface area (Å²) in [6.07, 6.45) is -1.38. The van der Waals surface area contributed by atoms with Crippen molar-refractivity contribution >= 4 is 35.3 Å². The van der Waals surface area contributed by atoms with Crippen LogP contribution in [-0.4, -0.2) is 43.0 Å². The van der Waals surface area contributed by atoms with Crippen molar-refractivity contribution in [2.24, 2.45) is 0 Å². The normalized spacial score (nSPS) is 13.1. The molecule has 0 aliphatic heterocycles. The van der Waals surface area contributed by atoms with Gasteiger partial charge in [0.05, 0.1) is 19.1 Å². The SMILES string of the molecule is CCOc1cc(Cl)ccc1C(c1ccc(Cl)cc1OCC)[C@H](C)OC(=O)[C@H](C)NC(=O)OC(C)(C)C. The average Bonchev–Trinajstić information content (AvgIpc) is 2.75. The van der Waals surface area contributed by atoms with Crippen LogP contribution in [0.25, 0.3) is 0 Å². The Morgan fingerprint density at radius 3 is 1.78 bits per heavy atom. The second-order valence-electron chi connectivity index (χ2n) is 9.22. The van der Waals surface area contributed by atoms with E-state index < -0.39 is 35.7 Å². The first kappa shape index (κ1) is 29.6. The molecule has 2 rings (SSSR count). The molecule has 0 saturated heterocycles. The molecule has 1 amide bonds. The third-order valence-electron chi connectivity index (χ3n) is 5.08. The molecule has 1 N–H and O–H groups in total. The summed E-state index contributed by atoms with van der Waals surface area (Å²) in [7, 11) is 0. The smallest absolute Gasteiger partial charge is 0.408 e. The molecular formula is C27H35Cl2NO6. The monoisotopic (exact) mass is 539 g/mol. The largest absolute Gasteiger partial charge is 0.494 e. The molecule has 9 heteroatoms. The molecule has 0 radical (unpaired) electrons. The highest BCUT2D eigenvalue weighted by molar-refractivity contribution is 6.31. The Labute approximate surface area is 223 Å². The summed E-state index contributed by atoms with van der Waals surface area (Å²) in [5.41, 5.74) is 0.829. The van der Waals surface area contributed by atoms with Gasteiger partial charge in [-0.15, -0.1) is 0 Å². The predicted octanol–water partition coefficient (Wildman–Crippen LogP) is 6.77. The number of esters is 1. The molecule has 0 saturated carbocycles. The number of alkyl carbamates (subject to hydrolysis) is 1. The van der Waals surface area contributed by atoms with E-state index in [0.717, 1.165) is 11.1 Å². The average molecular weight is 540 g/mol. The van der Waals surface area contributed by atoms with Gasteiger partial charge in [0.2, 0.25) is 0 Å². The standard InChI is InChI=1S/C27H35Cl2NO6/c1-8-33-22-14-18(28)10-12-20(22)24(21-13-11-19(29)15-23(21)34-9-2)17(4)35-25(31)16(3)30-26(32)36-27(5,6)7/h10-17,24H,8-9H2,1-7H3,(H,30,32)/t16-,17-/m0/s1. The molecule has 0 fully saturated rings. The van der Waals surface area contributed by atoms with Crippen LogP contribution in [0, 0.1) is 0 Å². The van der Waals surface area contributed by atoms with Gasteiger partial charge in [0, 0.05) is 21.2 Å². The van der Waals surface area contributed by atoms with Crippen molar-refractivity contribution in [3.05, 3.63) is 57.6 Å². The zero-order chi connectivity index (χ0) is 27.0. The van der Waals surface area contributed by atoms with Gasteiger partial charge in [-0.1, -0.05) is 35.3 Å². The number of nitrogens with one attached hydrogen (secondary N) is 1. The highest BCUT2D eigenvalue weighted by Crippen LogP contribution is 2.41. The maximum Gasteiger partial charge on any atom is 0.408 e. The van der Waals surface area contributed by atoms with Crippen molar-refractivity contribution in [3.8, 4) is 11.5 Å². The van der Waals surface area contributed by atoms with Crippen LogP contribution in [0.3, 0.4) is 0 Å². The minimum atomic E-state index is -0.934. The lowest BCUT2D eigenvalue weighted by atomic mass is 9.85. The topological polar surface area (TPSA) is 83.1 Å². The zero-order valence-corrected chi connectivity index (χ0v) is 23.3. The lowest BCUT2D eigenvalue weighted by Gasteiger charge is -2.29. The second-order valence-corrected chi connectivity index (χ2v) is 10.1. The number of carbonyl (C=O) groups excluding carboxylic acids is 2. The van der Waals surface area contributed by atoms with Crippen molar-refractivity contribution in [3.63, 3.8) is 0 Å². The molecule has 198 valence electrons. The lowest BCUT2D eigenvalue weighted by Crippen LogP contribution is -2.43. The van der Waals surface area contributed by atoms with Crippen molar-refractivity contribution in [2.75, 3.05) is 13.2 Å². The summed E-state index contributed by atoms with van der Waals surface area (Å²) in [5, 5.41) is 3.55. The number of hydrogen-bond donors (Lipinski definition) is 1. The van der Waals surface area contributed by atoms with Crippen LogP contribution in [0.15, 0.2) is 36.4 Å². The fourth-order valence-electron chi connectivity index (χ4n) is 3.66. The van der Waals surface area contributed by atoms with Crippen LogP contribution in [0.5, 0.6) is 11.5 Å². The van der Waals surface area contributed by atoms with Crippen molar-refractivity contribution in [2.45, 2.75) is 72.1 Å². The Hall–Kier alpha value is -2.64. The first-order valence-electron chi connectivity index (χ1n) is 11.9. The summed E-state index contributed by atoms with van der Waals surface area (Å²) < 4.78 is 22.9. The van der Waals surface area contributed by atoms with Gasteiger partial charge >= 0.3 is 12.1 Å². The van der Waals surface area contributed by atoms with Crippen LogP contribution >= 0.6 is 23.2 Å². The molecular weight excluding hydrogens is 505 g/mol. The number of benzene rings is 2. The maximum absolute atomic E-state index is 13.0. The van der Waals surface area contributed by atoms with E-state index in [1.54, 1.807) is 52.0 Å². The van der Waals surface area contributed by atoms with Crippen LogP contribution in [-0.2, 0) is 14.3 Å². The van der Waals surface area contributed by atoms with E-state index in [2.05, 4.69) is 5.32 Å². The van der Waals surface area contributed by atoms with Crippen LogP contribution in [0.1, 0.15) is 65.5 Å². The van der Waals surface area contributed by atoms with Gasteiger partial charge in [0.1, 0.15) is 29.2 Å². The Bertz CT molecular complexity index is 998. The van der Waals surface area contributed by atoms with E-state index >= 15 is 0 Å². The highest BCUT2D eigenvalue weighted by Gasteiger charge is 2.32. The summed E-state index contributed by atoms with van der Waals surface area (Å²) in [5.74, 6) is 0.0305. The summed E-state index contributed by atoms with van der Waals surface area (Å²) in [6.45, 7) is 13.1.